The summed E-state index contributed by atoms with van der Waals surface area (Å²) in [5.41, 5.74) is 5.21. The second kappa shape index (κ2) is 12.7. The molecule has 3 aromatic rings. The van der Waals surface area contributed by atoms with Crippen LogP contribution in [0.4, 0.5) is 0 Å². The van der Waals surface area contributed by atoms with Gasteiger partial charge in [0.2, 0.25) is 11.8 Å². The minimum atomic E-state index is -0.630. The van der Waals surface area contributed by atoms with Crippen molar-refractivity contribution in [2.24, 2.45) is 0 Å². The van der Waals surface area contributed by atoms with E-state index in [9.17, 15) is 9.59 Å². The van der Waals surface area contributed by atoms with Crippen molar-refractivity contribution in [2.45, 2.75) is 52.6 Å². The molecule has 1 atom stereocenters. The van der Waals surface area contributed by atoms with Crippen LogP contribution in [-0.2, 0) is 29.0 Å². The van der Waals surface area contributed by atoms with E-state index < -0.39 is 6.04 Å². The molecule has 0 fully saturated rings. The SMILES string of the molecule is CCCNC(=O)[C@@H](Cc1ccccc1)N(Cc1cccc(OC)c1)C(=O)Cc1ccc(C)c(C)c1. The second-order valence-corrected chi connectivity index (χ2v) is 8.97. The molecule has 35 heavy (non-hydrogen) atoms. The van der Waals surface area contributed by atoms with E-state index in [1.807, 2.05) is 80.6 Å². The molecule has 0 saturated carbocycles. The Hall–Kier alpha value is -3.60. The van der Waals surface area contributed by atoms with Gasteiger partial charge in [-0.25, -0.2) is 0 Å². The highest BCUT2D eigenvalue weighted by Gasteiger charge is 2.30. The Morgan fingerprint density at radius 3 is 2.31 bits per heavy atom. The number of nitrogens with one attached hydrogen (secondary N) is 1. The van der Waals surface area contributed by atoms with E-state index in [2.05, 4.69) is 18.3 Å². The van der Waals surface area contributed by atoms with Gasteiger partial charge in [-0.3, -0.25) is 9.59 Å². The first-order chi connectivity index (χ1) is 16.9. The summed E-state index contributed by atoms with van der Waals surface area (Å²) in [5, 5.41) is 3.02. The third kappa shape index (κ3) is 7.44. The van der Waals surface area contributed by atoms with Crippen LogP contribution in [0.1, 0.15) is 41.2 Å². The lowest BCUT2D eigenvalue weighted by Gasteiger charge is -2.32. The summed E-state index contributed by atoms with van der Waals surface area (Å²) in [7, 11) is 1.62. The fourth-order valence-electron chi connectivity index (χ4n) is 4.08. The molecular formula is C30H36N2O3. The molecule has 184 valence electrons. The van der Waals surface area contributed by atoms with Crippen molar-refractivity contribution in [3.8, 4) is 5.75 Å². The molecule has 3 aromatic carbocycles. The predicted octanol–water partition coefficient (Wildman–Crippen LogP) is 5.02. The number of aryl methyl sites for hydroxylation is 2. The van der Waals surface area contributed by atoms with Gasteiger partial charge in [0.25, 0.3) is 0 Å². The summed E-state index contributed by atoms with van der Waals surface area (Å²) in [6.45, 7) is 7.02. The van der Waals surface area contributed by atoms with Gasteiger partial charge in [-0.2, -0.15) is 0 Å². The monoisotopic (exact) mass is 472 g/mol. The van der Waals surface area contributed by atoms with Crippen molar-refractivity contribution >= 4 is 11.8 Å². The van der Waals surface area contributed by atoms with Crippen molar-refractivity contribution in [1.29, 1.82) is 0 Å². The fourth-order valence-corrected chi connectivity index (χ4v) is 4.08. The van der Waals surface area contributed by atoms with Gasteiger partial charge >= 0.3 is 0 Å². The highest BCUT2D eigenvalue weighted by molar-refractivity contribution is 5.88. The Labute approximate surface area is 209 Å². The molecule has 2 amide bonds. The lowest BCUT2D eigenvalue weighted by molar-refractivity contribution is -0.140. The van der Waals surface area contributed by atoms with Gasteiger partial charge in [-0.05, 0) is 60.2 Å². The first-order valence-corrected chi connectivity index (χ1v) is 12.2. The lowest BCUT2D eigenvalue weighted by atomic mass is 10.00. The summed E-state index contributed by atoms with van der Waals surface area (Å²) < 4.78 is 5.39. The molecular weight excluding hydrogens is 436 g/mol. The minimum Gasteiger partial charge on any atom is -0.497 e. The van der Waals surface area contributed by atoms with Gasteiger partial charge in [0.1, 0.15) is 11.8 Å². The highest BCUT2D eigenvalue weighted by atomic mass is 16.5. The van der Waals surface area contributed by atoms with Gasteiger partial charge < -0.3 is 15.0 Å². The molecule has 0 spiro atoms. The summed E-state index contributed by atoms with van der Waals surface area (Å²) in [6, 6.07) is 23.0. The molecule has 0 saturated heterocycles. The van der Waals surface area contributed by atoms with Crippen molar-refractivity contribution in [1.82, 2.24) is 10.2 Å². The van der Waals surface area contributed by atoms with Gasteiger partial charge in [-0.1, -0.05) is 67.6 Å². The largest absolute Gasteiger partial charge is 0.497 e. The fraction of sp³-hybridized carbons (Fsp3) is 0.333. The van der Waals surface area contributed by atoms with E-state index in [0.717, 1.165) is 34.4 Å². The van der Waals surface area contributed by atoms with Crippen LogP contribution >= 0.6 is 0 Å². The molecule has 0 bridgehead atoms. The summed E-state index contributed by atoms with van der Waals surface area (Å²) in [5.74, 6) is 0.509. The van der Waals surface area contributed by atoms with E-state index in [1.165, 1.54) is 5.56 Å². The summed E-state index contributed by atoms with van der Waals surface area (Å²) in [4.78, 5) is 28.9. The topological polar surface area (TPSA) is 58.6 Å². The van der Waals surface area contributed by atoms with Crippen LogP contribution in [0.15, 0.2) is 72.8 Å². The average molecular weight is 473 g/mol. The molecule has 1 N–H and O–H groups in total. The maximum atomic E-state index is 13.8. The Morgan fingerprint density at radius 1 is 0.886 bits per heavy atom. The smallest absolute Gasteiger partial charge is 0.243 e. The van der Waals surface area contributed by atoms with E-state index in [-0.39, 0.29) is 18.2 Å². The molecule has 5 heteroatoms. The normalized spacial score (nSPS) is 11.5. The Kier molecular flexibility index (Phi) is 9.47. The first-order valence-electron chi connectivity index (χ1n) is 12.2. The number of ether oxygens (including phenoxy) is 1. The quantitative estimate of drug-likeness (QED) is 0.426. The number of hydrogen-bond acceptors (Lipinski definition) is 3. The van der Waals surface area contributed by atoms with Crippen LogP contribution in [0.25, 0.3) is 0 Å². The third-order valence-corrected chi connectivity index (χ3v) is 6.23. The van der Waals surface area contributed by atoms with Crippen molar-refractivity contribution in [3.05, 3.63) is 101 Å². The van der Waals surface area contributed by atoms with Crippen molar-refractivity contribution in [3.63, 3.8) is 0 Å². The number of amides is 2. The Bertz CT molecular complexity index is 1130. The molecule has 0 radical (unpaired) electrons. The molecule has 0 aliphatic heterocycles. The number of carbonyl (C=O) groups excluding carboxylic acids is 2. The number of carbonyl (C=O) groups is 2. The molecule has 0 unspecified atom stereocenters. The van der Waals surface area contributed by atoms with E-state index in [0.29, 0.717) is 19.5 Å². The maximum absolute atomic E-state index is 13.8. The summed E-state index contributed by atoms with van der Waals surface area (Å²) in [6.07, 6.45) is 1.51. The van der Waals surface area contributed by atoms with Crippen molar-refractivity contribution in [2.75, 3.05) is 13.7 Å². The van der Waals surface area contributed by atoms with Crippen LogP contribution in [0, 0.1) is 13.8 Å². The average Bonchev–Trinajstić information content (AvgIpc) is 2.87. The maximum Gasteiger partial charge on any atom is 0.243 e. The Morgan fingerprint density at radius 2 is 1.63 bits per heavy atom. The van der Waals surface area contributed by atoms with Gasteiger partial charge in [0, 0.05) is 19.5 Å². The van der Waals surface area contributed by atoms with Gasteiger partial charge in [0.15, 0.2) is 0 Å². The lowest BCUT2D eigenvalue weighted by Crippen LogP contribution is -2.51. The second-order valence-electron chi connectivity index (χ2n) is 8.97. The molecule has 0 aromatic heterocycles. The highest BCUT2D eigenvalue weighted by Crippen LogP contribution is 2.20. The standard InChI is InChI=1S/C30H36N2O3/c1-5-16-31-30(34)28(19-24-10-7-6-8-11-24)32(21-26-12-9-13-27(18-26)35-4)29(33)20-25-15-14-22(2)23(3)17-25/h6-15,17-18,28H,5,16,19-21H2,1-4H3,(H,31,34)/t28-/m1/s1. The predicted molar refractivity (Wildman–Crippen MR) is 140 cm³/mol. The van der Waals surface area contributed by atoms with Gasteiger partial charge in [0.05, 0.1) is 13.5 Å². The van der Waals surface area contributed by atoms with Crippen LogP contribution in [0.3, 0.4) is 0 Å². The molecule has 3 rings (SSSR count). The molecule has 5 nitrogen and oxygen atoms in total. The van der Waals surface area contributed by atoms with Crippen LogP contribution in [0.2, 0.25) is 0 Å². The number of rotatable bonds is 11. The Balaban J connectivity index is 1.97. The minimum absolute atomic E-state index is 0.0800. The molecule has 0 aliphatic carbocycles. The number of hydrogen-bond donors (Lipinski definition) is 1. The first kappa shape index (κ1) is 26.0. The van der Waals surface area contributed by atoms with Crippen LogP contribution < -0.4 is 10.1 Å². The number of methoxy groups -OCH3 is 1. The van der Waals surface area contributed by atoms with Crippen molar-refractivity contribution < 1.29 is 14.3 Å². The van der Waals surface area contributed by atoms with E-state index in [4.69, 9.17) is 4.74 Å². The van der Waals surface area contributed by atoms with E-state index >= 15 is 0 Å². The summed E-state index contributed by atoms with van der Waals surface area (Å²) >= 11 is 0. The third-order valence-electron chi connectivity index (χ3n) is 6.23. The zero-order valence-electron chi connectivity index (χ0n) is 21.2. The zero-order valence-corrected chi connectivity index (χ0v) is 21.2. The molecule has 0 aliphatic rings. The number of nitrogens with zero attached hydrogens (tertiary/aromatic N) is 1. The molecule has 0 heterocycles. The number of benzene rings is 3. The zero-order chi connectivity index (χ0) is 25.2. The van der Waals surface area contributed by atoms with Crippen LogP contribution in [-0.4, -0.2) is 36.4 Å². The van der Waals surface area contributed by atoms with Crippen LogP contribution in [0.5, 0.6) is 5.75 Å². The van der Waals surface area contributed by atoms with E-state index in [1.54, 1.807) is 12.0 Å². The van der Waals surface area contributed by atoms with Gasteiger partial charge in [-0.15, -0.1) is 0 Å².